The average Bonchev–Trinajstić information content (AvgIpc) is 2.58. The molecule has 2 saturated heterocycles. The van der Waals surface area contributed by atoms with Crippen LogP contribution in [0.2, 0.25) is 0 Å². The van der Waals surface area contributed by atoms with Crippen molar-refractivity contribution >= 4 is 5.69 Å². The van der Waals surface area contributed by atoms with Gasteiger partial charge < -0.3 is 20.9 Å². The fourth-order valence-electron chi connectivity index (χ4n) is 2.63. The van der Waals surface area contributed by atoms with Gasteiger partial charge in [0.25, 0.3) is 0 Å². The fourth-order valence-corrected chi connectivity index (χ4v) is 2.63. The van der Waals surface area contributed by atoms with Crippen molar-refractivity contribution in [1.29, 1.82) is 0 Å². The lowest BCUT2D eigenvalue weighted by molar-refractivity contribution is 0.534. The quantitative estimate of drug-likeness (QED) is 0.748. The zero-order chi connectivity index (χ0) is 14.0. The van der Waals surface area contributed by atoms with E-state index in [4.69, 9.17) is 0 Å². The van der Waals surface area contributed by atoms with Crippen LogP contribution in [0.1, 0.15) is 12.5 Å². The van der Waals surface area contributed by atoms with E-state index in [9.17, 15) is 0 Å². The van der Waals surface area contributed by atoms with Crippen molar-refractivity contribution in [3.63, 3.8) is 0 Å². The average molecular weight is 276 g/mol. The Morgan fingerprint density at radius 3 is 1.95 bits per heavy atom. The molecule has 1 aromatic carbocycles. The summed E-state index contributed by atoms with van der Waals surface area (Å²) in [4.78, 5) is 2.48. The summed E-state index contributed by atoms with van der Waals surface area (Å²) in [7, 11) is 0. The molecular formula is C16H28N4. The number of rotatable bonds is 2. The number of hydrogen-bond acceptors (Lipinski definition) is 4. The molecule has 1 aromatic rings. The Hall–Kier alpha value is -1.10. The maximum absolute atomic E-state index is 3.38. The van der Waals surface area contributed by atoms with Crippen LogP contribution in [0.15, 0.2) is 24.3 Å². The second-order valence-corrected chi connectivity index (χ2v) is 5.22. The van der Waals surface area contributed by atoms with Crippen molar-refractivity contribution in [2.75, 3.05) is 57.3 Å². The number of benzene rings is 1. The number of nitrogens with zero attached hydrogens (tertiary/aromatic N) is 1. The van der Waals surface area contributed by atoms with Gasteiger partial charge in [-0.2, -0.15) is 0 Å². The molecule has 112 valence electrons. The first kappa shape index (κ1) is 15.3. The second kappa shape index (κ2) is 8.95. The molecule has 4 nitrogen and oxygen atoms in total. The van der Waals surface area contributed by atoms with Crippen molar-refractivity contribution in [3.8, 4) is 0 Å². The van der Waals surface area contributed by atoms with Crippen LogP contribution in [-0.2, 0) is 6.42 Å². The zero-order valence-corrected chi connectivity index (χ0v) is 12.6. The Kier molecular flexibility index (Phi) is 6.84. The van der Waals surface area contributed by atoms with Gasteiger partial charge in [0.1, 0.15) is 0 Å². The fraction of sp³-hybridized carbons (Fsp3) is 0.625. The molecule has 4 heteroatoms. The lowest BCUT2D eigenvalue weighted by Gasteiger charge is -2.31. The maximum Gasteiger partial charge on any atom is 0.0399 e. The maximum atomic E-state index is 3.38. The third kappa shape index (κ3) is 4.78. The van der Waals surface area contributed by atoms with Crippen LogP contribution in [0.3, 0.4) is 0 Å². The molecule has 0 atom stereocenters. The van der Waals surface area contributed by atoms with E-state index in [2.05, 4.69) is 52.0 Å². The Balaban J connectivity index is 0.000000205. The van der Waals surface area contributed by atoms with Gasteiger partial charge in [-0.15, -0.1) is 0 Å². The van der Waals surface area contributed by atoms with E-state index in [1.165, 1.54) is 11.3 Å². The summed E-state index contributed by atoms with van der Waals surface area (Å²) in [6.45, 7) is 11.3. The van der Waals surface area contributed by atoms with Gasteiger partial charge in [-0.1, -0.05) is 25.1 Å². The largest absolute Gasteiger partial charge is 0.369 e. The number of hydrogen-bond donors (Lipinski definition) is 3. The van der Waals surface area contributed by atoms with Gasteiger partial charge in [0, 0.05) is 58.0 Å². The number of nitrogens with one attached hydrogen (secondary N) is 3. The standard InChI is InChI=1S/C12H18N2.C4H10N2/c1-2-11-5-3-4-6-12(11)14-9-7-13-8-10-14;1-2-6-4-3-5-1/h3-6,13H,2,7-10H2,1H3;5-6H,1-4H2. The minimum atomic E-state index is 1.11. The molecule has 0 amide bonds. The van der Waals surface area contributed by atoms with E-state index >= 15 is 0 Å². The Bertz CT molecular complexity index is 359. The number of para-hydroxylation sites is 1. The summed E-state index contributed by atoms with van der Waals surface area (Å²) in [6, 6.07) is 8.74. The van der Waals surface area contributed by atoms with Crippen molar-refractivity contribution in [2.24, 2.45) is 0 Å². The van der Waals surface area contributed by atoms with E-state index in [0.717, 1.165) is 58.8 Å². The van der Waals surface area contributed by atoms with Gasteiger partial charge in [-0.3, -0.25) is 0 Å². The third-order valence-electron chi connectivity index (χ3n) is 3.79. The van der Waals surface area contributed by atoms with E-state index < -0.39 is 0 Å². The molecule has 0 radical (unpaired) electrons. The van der Waals surface area contributed by atoms with Crippen LogP contribution >= 0.6 is 0 Å². The van der Waals surface area contributed by atoms with E-state index in [1.54, 1.807) is 0 Å². The topological polar surface area (TPSA) is 39.3 Å². The number of aryl methyl sites for hydroxylation is 1. The molecule has 2 aliphatic rings. The molecule has 2 fully saturated rings. The highest BCUT2D eigenvalue weighted by Crippen LogP contribution is 2.20. The van der Waals surface area contributed by atoms with Crippen LogP contribution in [0.25, 0.3) is 0 Å². The Labute approximate surface area is 122 Å². The van der Waals surface area contributed by atoms with Gasteiger partial charge in [0.05, 0.1) is 0 Å². The number of anilines is 1. The molecule has 0 spiro atoms. The molecule has 0 unspecified atom stereocenters. The monoisotopic (exact) mass is 276 g/mol. The molecule has 20 heavy (non-hydrogen) atoms. The first-order valence-electron chi connectivity index (χ1n) is 7.87. The molecule has 2 heterocycles. The Morgan fingerprint density at radius 2 is 1.40 bits per heavy atom. The van der Waals surface area contributed by atoms with Crippen LogP contribution in [0.5, 0.6) is 0 Å². The summed E-state index contributed by atoms with van der Waals surface area (Å²) < 4.78 is 0. The predicted octanol–water partition coefficient (Wildman–Crippen LogP) is 0.838. The van der Waals surface area contributed by atoms with Crippen molar-refractivity contribution in [2.45, 2.75) is 13.3 Å². The summed E-state index contributed by atoms with van der Waals surface area (Å²) in [6.07, 6.45) is 1.13. The highest BCUT2D eigenvalue weighted by molar-refractivity contribution is 5.54. The molecule has 3 N–H and O–H groups in total. The van der Waals surface area contributed by atoms with Crippen LogP contribution in [0, 0.1) is 0 Å². The van der Waals surface area contributed by atoms with Crippen LogP contribution in [0.4, 0.5) is 5.69 Å². The van der Waals surface area contributed by atoms with Crippen LogP contribution < -0.4 is 20.9 Å². The SMILES string of the molecule is C1CNCCN1.CCc1ccccc1N1CCNCC1. The van der Waals surface area contributed by atoms with Gasteiger partial charge in [-0.25, -0.2) is 0 Å². The molecule has 0 saturated carbocycles. The molecule has 2 aliphatic heterocycles. The molecule has 0 aromatic heterocycles. The lowest BCUT2D eigenvalue weighted by atomic mass is 10.1. The first-order valence-corrected chi connectivity index (χ1v) is 7.87. The predicted molar refractivity (Wildman–Crippen MR) is 86.6 cm³/mol. The molecule has 3 rings (SSSR count). The first-order chi connectivity index (χ1) is 9.92. The smallest absolute Gasteiger partial charge is 0.0399 e. The summed E-state index contributed by atoms with van der Waals surface area (Å²) in [5, 5.41) is 9.82. The van der Waals surface area contributed by atoms with Crippen molar-refractivity contribution < 1.29 is 0 Å². The molecular weight excluding hydrogens is 248 g/mol. The van der Waals surface area contributed by atoms with Crippen molar-refractivity contribution in [3.05, 3.63) is 29.8 Å². The van der Waals surface area contributed by atoms with Crippen molar-refractivity contribution in [1.82, 2.24) is 16.0 Å². The Morgan fingerprint density at radius 1 is 0.850 bits per heavy atom. The zero-order valence-electron chi connectivity index (χ0n) is 12.6. The lowest BCUT2D eigenvalue weighted by Crippen LogP contribution is -2.43. The number of piperazine rings is 2. The molecule has 0 bridgehead atoms. The third-order valence-corrected chi connectivity index (χ3v) is 3.79. The second-order valence-electron chi connectivity index (χ2n) is 5.22. The van der Waals surface area contributed by atoms with E-state index in [1.807, 2.05) is 0 Å². The summed E-state index contributed by atoms with van der Waals surface area (Å²) >= 11 is 0. The van der Waals surface area contributed by atoms with Crippen LogP contribution in [-0.4, -0.2) is 52.4 Å². The normalized spacial score (nSPS) is 19.1. The van der Waals surface area contributed by atoms with Gasteiger partial charge in [-0.05, 0) is 18.1 Å². The van der Waals surface area contributed by atoms with Gasteiger partial charge in [0.2, 0.25) is 0 Å². The highest BCUT2D eigenvalue weighted by atomic mass is 15.2. The highest BCUT2D eigenvalue weighted by Gasteiger charge is 2.12. The summed E-state index contributed by atoms with van der Waals surface area (Å²) in [5.41, 5.74) is 2.89. The molecule has 0 aliphatic carbocycles. The minimum Gasteiger partial charge on any atom is -0.369 e. The minimum absolute atomic E-state index is 1.11. The van der Waals surface area contributed by atoms with Gasteiger partial charge in [0.15, 0.2) is 0 Å². The van der Waals surface area contributed by atoms with E-state index in [0.29, 0.717) is 0 Å². The summed E-state index contributed by atoms with van der Waals surface area (Å²) in [5.74, 6) is 0. The van der Waals surface area contributed by atoms with Gasteiger partial charge >= 0.3 is 0 Å². The van der Waals surface area contributed by atoms with E-state index in [-0.39, 0.29) is 0 Å².